The van der Waals surface area contributed by atoms with E-state index in [4.69, 9.17) is 20.4 Å². The molecule has 0 aliphatic carbocycles. The molecule has 0 saturated carbocycles. The normalized spacial score (nSPS) is 13.0. The van der Waals surface area contributed by atoms with Gasteiger partial charge in [-0.05, 0) is 35.9 Å². The summed E-state index contributed by atoms with van der Waals surface area (Å²) in [5.74, 6) is 1.44. The van der Waals surface area contributed by atoms with Crippen molar-refractivity contribution in [3.8, 4) is 0 Å². The number of para-hydroxylation sites is 2. The molecule has 0 fully saturated rings. The van der Waals surface area contributed by atoms with E-state index in [0.29, 0.717) is 17.5 Å². The highest BCUT2D eigenvalue weighted by Crippen LogP contribution is 2.30. The molecule has 3 rings (SSSR count). The molecule has 2 aromatic heterocycles. The van der Waals surface area contributed by atoms with E-state index in [9.17, 15) is 0 Å². The minimum atomic E-state index is -0.00179. The van der Waals surface area contributed by atoms with Gasteiger partial charge in [0.25, 0.3) is 0 Å². The van der Waals surface area contributed by atoms with Crippen molar-refractivity contribution in [1.29, 1.82) is 0 Å². The predicted molar refractivity (Wildman–Crippen MR) is 73.1 cm³/mol. The van der Waals surface area contributed by atoms with Crippen LogP contribution in [0.3, 0.4) is 0 Å². The maximum absolute atomic E-state index is 5.75. The molecule has 0 saturated heterocycles. The van der Waals surface area contributed by atoms with Gasteiger partial charge in [-0.2, -0.15) is 0 Å². The number of halogens is 2. The van der Waals surface area contributed by atoms with E-state index < -0.39 is 0 Å². The molecule has 1 atom stereocenters. The number of furan rings is 1. The summed E-state index contributed by atoms with van der Waals surface area (Å²) >= 11 is 9.29. The van der Waals surface area contributed by atoms with E-state index in [1.54, 1.807) is 6.07 Å². The minimum absolute atomic E-state index is 0.00179. The van der Waals surface area contributed by atoms with Crippen LogP contribution in [0.25, 0.3) is 11.1 Å². The summed E-state index contributed by atoms with van der Waals surface area (Å²) in [6.45, 7) is 0. The van der Waals surface area contributed by atoms with Crippen molar-refractivity contribution in [2.45, 2.75) is 11.2 Å². The Bertz CT molecular complexity index is 643. The van der Waals surface area contributed by atoms with E-state index in [-0.39, 0.29) is 4.83 Å². The Morgan fingerprint density at radius 1 is 1.17 bits per heavy atom. The maximum atomic E-state index is 5.75. The van der Waals surface area contributed by atoms with Crippen LogP contribution in [0.1, 0.15) is 16.5 Å². The molecule has 2 heterocycles. The monoisotopic (exact) mass is 325 g/mol. The van der Waals surface area contributed by atoms with Crippen molar-refractivity contribution in [3.63, 3.8) is 0 Å². The molecule has 0 aliphatic rings. The molecular weight excluding hydrogens is 318 g/mol. The smallest absolute Gasteiger partial charge is 0.197 e. The Hall–Kier alpha value is -1.26. The molecular formula is C13H9BrClNO2. The Morgan fingerprint density at radius 3 is 2.72 bits per heavy atom. The van der Waals surface area contributed by atoms with Gasteiger partial charge in [-0.15, -0.1) is 0 Å². The van der Waals surface area contributed by atoms with Gasteiger partial charge in [0.1, 0.15) is 11.3 Å². The Balaban J connectivity index is 1.83. The van der Waals surface area contributed by atoms with Crippen molar-refractivity contribution in [2.24, 2.45) is 0 Å². The number of hydrogen-bond acceptors (Lipinski definition) is 3. The highest BCUT2D eigenvalue weighted by atomic mass is 79.9. The largest absolute Gasteiger partial charge is 0.449 e. The molecule has 18 heavy (non-hydrogen) atoms. The van der Waals surface area contributed by atoms with E-state index in [2.05, 4.69) is 20.9 Å². The fourth-order valence-corrected chi connectivity index (χ4v) is 2.43. The topological polar surface area (TPSA) is 39.2 Å². The zero-order valence-electron chi connectivity index (χ0n) is 9.27. The molecule has 3 aromatic rings. The van der Waals surface area contributed by atoms with Gasteiger partial charge in [-0.1, -0.05) is 28.1 Å². The standard InChI is InChI=1S/C13H9BrClNO2/c14-8(10-5-6-12(15)17-10)7-13-16-9-3-1-2-4-11(9)18-13/h1-6,8H,7H2. The van der Waals surface area contributed by atoms with Crippen LogP contribution in [0, 0.1) is 0 Å². The Kier molecular flexibility index (Phi) is 3.14. The highest BCUT2D eigenvalue weighted by Gasteiger charge is 2.16. The fraction of sp³-hybridized carbons (Fsp3) is 0.154. The number of fused-ring (bicyclic) bond motifs is 1. The molecule has 0 amide bonds. The molecule has 3 nitrogen and oxygen atoms in total. The summed E-state index contributed by atoms with van der Waals surface area (Å²) in [4.78, 5) is 4.41. The van der Waals surface area contributed by atoms with Crippen LogP contribution in [-0.4, -0.2) is 4.98 Å². The number of aromatic nitrogens is 1. The van der Waals surface area contributed by atoms with Gasteiger partial charge in [0.05, 0.1) is 4.83 Å². The summed E-state index contributed by atoms with van der Waals surface area (Å²) in [6, 6.07) is 11.2. The highest BCUT2D eigenvalue weighted by molar-refractivity contribution is 9.09. The first-order valence-corrected chi connectivity index (χ1v) is 6.75. The lowest BCUT2D eigenvalue weighted by Crippen LogP contribution is -1.93. The van der Waals surface area contributed by atoms with Gasteiger partial charge in [-0.25, -0.2) is 4.98 Å². The van der Waals surface area contributed by atoms with E-state index in [1.165, 1.54) is 0 Å². The first-order chi connectivity index (χ1) is 8.72. The third-order valence-corrected chi connectivity index (χ3v) is 3.57. The number of hydrogen-bond donors (Lipinski definition) is 0. The van der Waals surface area contributed by atoms with Crippen LogP contribution in [0.4, 0.5) is 0 Å². The van der Waals surface area contributed by atoms with Crippen LogP contribution in [0.5, 0.6) is 0 Å². The summed E-state index contributed by atoms with van der Waals surface area (Å²) in [5, 5.41) is 0.381. The average molecular weight is 327 g/mol. The zero-order chi connectivity index (χ0) is 12.5. The maximum Gasteiger partial charge on any atom is 0.197 e. The van der Waals surface area contributed by atoms with Gasteiger partial charge >= 0.3 is 0 Å². The van der Waals surface area contributed by atoms with E-state index in [1.807, 2.05) is 30.3 Å². The minimum Gasteiger partial charge on any atom is -0.449 e. The molecule has 0 spiro atoms. The second-order valence-corrected chi connectivity index (χ2v) is 5.37. The van der Waals surface area contributed by atoms with Crippen molar-refractivity contribution in [3.05, 3.63) is 53.3 Å². The Labute approximate surface area is 117 Å². The van der Waals surface area contributed by atoms with Crippen LogP contribution in [0.2, 0.25) is 5.22 Å². The van der Waals surface area contributed by atoms with E-state index >= 15 is 0 Å². The number of oxazole rings is 1. The molecule has 92 valence electrons. The first-order valence-electron chi connectivity index (χ1n) is 5.46. The second kappa shape index (κ2) is 4.78. The molecule has 1 aromatic carbocycles. The lowest BCUT2D eigenvalue weighted by atomic mass is 10.2. The third-order valence-electron chi connectivity index (χ3n) is 2.59. The lowest BCUT2D eigenvalue weighted by molar-refractivity contribution is 0.479. The lowest BCUT2D eigenvalue weighted by Gasteiger charge is -2.02. The zero-order valence-corrected chi connectivity index (χ0v) is 11.6. The summed E-state index contributed by atoms with van der Waals surface area (Å²) in [7, 11) is 0. The molecule has 0 aliphatic heterocycles. The van der Waals surface area contributed by atoms with Gasteiger partial charge < -0.3 is 8.83 Å². The number of benzene rings is 1. The molecule has 5 heteroatoms. The predicted octanol–water partition coefficient (Wildman–Crippen LogP) is 4.75. The van der Waals surface area contributed by atoms with Gasteiger partial charge in [-0.3, -0.25) is 0 Å². The molecule has 0 N–H and O–H groups in total. The number of nitrogens with zero attached hydrogens (tertiary/aromatic N) is 1. The fourth-order valence-electron chi connectivity index (χ4n) is 1.76. The van der Waals surface area contributed by atoms with Crippen molar-refractivity contribution in [2.75, 3.05) is 0 Å². The quantitative estimate of drug-likeness (QED) is 0.652. The van der Waals surface area contributed by atoms with Crippen molar-refractivity contribution in [1.82, 2.24) is 4.98 Å². The number of alkyl halides is 1. The molecule has 0 radical (unpaired) electrons. The summed E-state index contributed by atoms with van der Waals surface area (Å²) in [5.41, 5.74) is 1.66. The molecule has 0 bridgehead atoms. The second-order valence-electron chi connectivity index (χ2n) is 3.89. The molecule has 1 unspecified atom stereocenters. The van der Waals surface area contributed by atoms with Crippen molar-refractivity contribution >= 4 is 38.6 Å². The van der Waals surface area contributed by atoms with Crippen LogP contribution in [0.15, 0.2) is 45.2 Å². The summed E-state index contributed by atoms with van der Waals surface area (Å²) in [6.07, 6.45) is 0.610. The van der Waals surface area contributed by atoms with Crippen molar-refractivity contribution < 1.29 is 8.83 Å². The number of rotatable bonds is 3. The van der Waals surface area contributed by atoms with E-state index in [0.717, 1.165) is 16.9 Å². The summed E-state index contributed by atoms with van der Waals surface area (Å²) < 4.78 is 11.0. The average Bonchev–Trinajstić information content (AvgIpc) is 2.94. The first kappa shape index (κ1) is 11.8. The SMILES string of the molecule is Clc1ccc(C(Br)Cc2nc3ccccc3o2)o1. The Morgan fingerprint density at radius 2 is 2.00 bits per heavy atom. The van der Waals surface area contributed by atoms with Gasteiger partial charge in [0.15, 0.2) is 16.7 Å². The van der Waals surface area contributed by atoms with Crippen LogP contribution >= 0.6 is 27.5 Å². The van der Waals surface area contributed by atoms with Crippen LogP contribution in [-0.2, 0) is 6.42 Å². The van der Waals surface area contributed by atoms with Gasteiger partial charge in [0, 0.05) is 6.42 Å². The third kappa shape index (κ3) is 2.31. The van der Waals surface area contributed by atoms with Gasteiger partial charge in [0.2, 0.25) is 0 Å². The van der Waals surface area contributed by atoms with Crippen LogP contribution < -0.4 is 0 Å².